The minimum atomic E-state index is -0.282. The number of ether oxygens (including phenoxy) is 1. The maximum Gasteiger partial charge on any atom is 0.167 e. The van der Waals surface area contributed by atoms with Gasteiger partial charge in [0.25, 0.3) is 0 Å². The lowest BCUT2D eigenvalue weighted by molar-refractivity contribution is 0.331. The molecule has 0 spiro atoms. The van der Waals surface area contributed by atoms with E-state index in [0.717, 1.165) is 37.7 Å². The van der Waals surface area contributed by atoms with E-state index in [0.29, 0.717) is 5.75 Å². The summed E-state index contributed by atoms with van der Waals surface area (Å²) in [6.07, 6.45) is 3.72. The van der Waals surface area contributed by atoms with Crippen LogP contribution in [0.2, 0.25) is 0 Å². The third kappa shape index (κ3) is 2.62. The third-order valence-corrected chi connectivity index (χ3v) is 4.63. The number of halogens is 1. The van der Waals surface area contributed by atoms with Crippen molar-refractivity contribution in [1.29, 1.82) is 0 Å². The second kappa shape index (κ2) is 5.24. The van der Waals surface area contributed by atoms with Crippen LogP contribution < -0.4 is 15.0 Å². The van der Waals surface area contributed by atoms with Crippen molar-refractivity contribution in [3.05, 3.63) is 24.0 Å². The average molecular weight is 278 g/mol. The van der Waals surface area contributed by atoms with Crippen LogP contribution in [0.1, 0.15) is 26.2 Å². The monoisotopic (exact) mass is 278 g/mol. The molecular formula is C16H23FN2O. The van der Waals surface area contributed by atoms with E-state index < -0.39 is 0 Å². The van der Waals surface area contributed by atoms with Crippen molar-refractivity contribution in [2.75, 3.05) is 31.6 Å². The molecule has 1 aromatic carbocycles. The first kappa shape index (κ1) is 13.7. The zero-order valence-corrected chi connectivity index (χ0v) is 12.3. The summed E-state index contributed by atoms with van der Waals surface area (Å²) >= 11 is 0. The molecule has 1 saturated carbocycles. The predicted molar refractivity (Wildman–Crippen MR) is 78.9 cm³/mol. The van der Waals surface area contributed by atoms with Gasteiger partial charge in [0.05, 0.1) is 7.11 Å². The second-order valence-electron chi connectivity index (χ2n) is 6.21. The lowest BCUT2D eigenvalue weighted by atomic mass is 9.95. The normalized spacial score (nSPS) is 27.2. The van der Waals surface area contributed by atoms with Crippen molar-refractivity contribution < 1.29 is 9.13 Å². The van der Waals surface area contributed by atoms with E-state index in [1.807, 2.05) is 6.07 Å². The van der Waals surface area contributed by atoms with Crippen LogP contribution in [0.5, 0.6) is 5.75 Å². The van der Waals surface area contributed by atoms with Gasteiger partial charge in [-0.1, -0.05) is 0 Å². The molecule has 0 bridgehead atoms. The van der Waals surface area contributed by atoms with Gasteiger partial charge in [0, 0.05) is 30.4 Å². The molecule has 1 N–H and O–H groups in total. The average Bonchev–Trinajstić information content (AvgIpc) is 3.25. The summed E-state index contributed by atoms with van der Waals surface area (Å²) < 4.78 is 18.9. The Kier molecular flexibility index (Phi) is 3.59. The largest absolute Gasteiger partial charge is 0.494 e. The first-order chi connectivity index (χ1) is 9.62. The Labute approximate surface area is 120 Å². The fourth-order valence-corrected chi connectivity index (χ4v) is 3.24. The molecule has 1 unspecified atom stereocenters. The lowest BCUT2D eigenvalue weighted by Gasteiger charge is -2.35. The topological polar surface area (TPSA) is 24.5 Å². The second-order valence-corrected chi connectivity index (χ2v) is 6.21. The van der Waals surface area contributed by atoms with Crippen LogP contribution in [-0.4, -0.2) is 32.3 Å². The highest BCUT2D eigenvalue weighted by Crippen LogP contribution is 2.41. The van der Waals surface area contributed by atoms with Crippen molar-refractivity contribution in [3.8, 4) is 5.75 Å². The number of hydrogen-bond acceptors (Lipinski definition) is 3. The van der Waals surface area contributed by atoms with Gasteiger partial charge in [0.15, 0.2) is 11.6 Å². The zero-order valence-electron chi connectivity index (χ0n) is 12.3. The quantitative estimate of drug-likeness (QED) is 0.920. The summed E-state index contributed by atoms with van der Waals surface area (Å²) in [6.45, 7) is 5.27. The zero-order chi connectivity index (χ0) is 14.2. The van der Waals surface area contributed by atoms with E-state index in [4.69, 9.17) is 4.74 Å². The summed E-state index contributed by atoms with van der Waals surface area (Å²) in [6, 6.07) is 5.27. The maximum atomic E-state index is 13.9. The minimum Gasteiger partial charge on any atom is -0.494 e. The van der Waals surface area contributed by atoms with Crippen molar-refractivity contribution in [2.24, 2.45) is 5.92 Å². The molecule has 1 atom stereocenters. The van der Waals surface area contributed by atoms with Crippen molar-refractivity contribution >= 4 is 5.69 Å². The van der Waals surface area contributed by atoms with Crippen molar-refractivity contribution in [1.82, 2.24) is 5.32 Å². The predicted octanol–water partition coefficient (Wildman–Crippen LogP) is 2.80. The Hall–Kier alpha value is -1.29. The number of methoxy groups -OCH3 is 1. The number of rotatable bonds is 3. The highest BCUT2D eigenvalue weighted by atomic mass is 19.1. The Bertz CT molecular complexity index is 489. The highest BCUT2D eigenvalue weighted by molar-refractivity contribution is 5.50. The van der Waals surface area contributed by atoms with Gasteiger partial charge in [0.1, 0.15) is 0 Å². The van der Waals surface area contributed by atoms with Crippen LogP contribution in [-0.2, 0) is 0 Å². The minimum absolute atomic E-state index is 0.160. The molecule has 1 heterocycles. The molecule has 20 heavy (non-hydrogen) atoms. The summed E-state index contributed by atoms with van der Waals surface area (Å²) in [4.78, 5) is 2.31. The Morgan fingerprint density at radius 2 is 2.20 bits per heavy atom. The number of nitrogens with zero attached hydrogens (tertiary/aromatic N) is 1. The first-order valence-electron chi connectivity index (χ1n) is 7.46. The molecule has 110 valence electrons. The van der Waals surface area contributed by atoms with Crippen LogP contribution >= 0.6 is 0 Å². The Morgan fingerprint density at radius 1 is 1.40 bits per heavy atom. The smallest absolute Gasteiger partial charge is 0.167 e. The fraction of sp³-hybridized carbons (Fsp3) is 0.625. The molecule has 1 saturated heterocycles. The van der Waals surface area contributed by atoms with Gasteiger partial charge >= 0.3 is 0 Å². The van der Waals surface area contributed by atoms with Gasteiger partial charge in [-0.05, 0) is 50.8 Å². The molecule has 0 amide bonds. The highest BCUT2D eigenvalue weighted by Gasteiger charge is 2.43. The van der Waals surface area contributed by atoms with Crippen LogP contribution in [0.3, 0.4) is 0 Å². The molecule has 1 aliphatic carbocycles. The fourth-order valence-electron chi connectivity index (χ4n) is 3.24. The molecule has 0 aromatic heterocycles. The van der Waals surface area contributed by atoms with Gasteiger partial charge in [-0.3, -0.25) is 0 Å². The SMILES string of the molecule is COc1ccc(N2CCCNC(C)(C3CC3)C2)cc1F. The number of hydrogen-bond donors (Lipinski definition) is 1. The lowest BCUT2D eigenvalue weighted by Crippen LogP contribution is -2.51. The van der Waals surface area contributed by atoms with Crippen LogP contribution in [0.15, 0.2) is 18.2 Å². The molecule has 0 radical (unpaired) electrons. The summed E-state index contributed by atoms with van der Waals surface area (Å²) in [5.41, 5.74) is 1.12. The van der Waals surface area contributed by atoms with E-state index in [1.165, 1.54) is 20.0 Å². The summed E-state index contributed by atoms with van der Waals surface area (Å²) in [7, 11) is 1.50. The Balaban J connectivity index is 1.82. The first-order valence-corrected chi connectivity index (χ1v) is 7.46. The van der Waals surface area contributed by atoms with E-state index in [-0.39, 0.29) is 11.4 Å². The summed E-state index contributed by atoms with van der Waals surface area (Å²) in [5.74, 6) is 0.799. The van der Waals surface area contributed by atoms with Gasteiger partial charge in [-0.25, -0.2) is 4.39 Å². The number of benzene rings is 1. The van der Waals surface area contributed by atoms with Crippen LogP contribution in [0.25, 0.3) is 0 Å². The van der Waals surface area contributed by atoms with Crippen LogP contribution in [0.4, 0.5) is 10.1 Å². The molecule has 4 heteroatoms. The van der Waals surface area contributed by atoms with E-state index in [9.17, 15) is 4.39 Å². The van der Waals surface area contributed by atoms with Gasteiger partial charge in [0.2, 0.25) is 0 Å². The number of anilines is 1. The standard InChI is InChI=1S/C16H23FN2O/c1-16(12-4-5-12)11-19(9-3-8-18-16)13-6-7-15(20-2)14(17)10-13/h6-7,10,12,18H,3-5,8-9,11H2,1-2H3. The molecule has 1 aliphatic heterocycles. The summed E-state index contributed by atoms with van der Waals surface area (Å²) in [5, 5.41) is 3.70. The van der Waals surface area contributed by atoms with Gasteiger partial charge < -0.3 is 15.0 Å². The van der Waals surface area contributed by atoms with Crippen molar-refractivity contribution in [2.45, 2.75) is 31.7 Å². The molecule has 3 rings (SSSR count). The molecule has 3 nitrogen and oxygen atoms in total. The maximum absolute atomic E-state index is 13.9. The number of nitrogens with one attached hydrogen (secondary N) is 1. The van der Waals surface area contributed by atoms with Gasteiger partial charge in [-0.2, -0.15) is 0 Å². The van der Waals surface area contributed by atoms with E-state index >= 15 is 0 Å². The van der Waals surface area contributed by atoms with E-state index in [2.05, 4.69) is 17.1 Å². The van der Waals surface area contributed by atoms with Crippen LogP contribution in [0, 0.1) is 11.7 Å². The molecule has 2 fully saturated rings. The molecular weight excluding hydrogens is 255 g/mol. The molecule has 1 aromatic rings. The molecule has 2 aliphatic rings. The van der Waals surface area contributed by atoms with E-state index in [1.54, 1.807) is 12.1 Å². The van der Waals surface area contributed by atoms with Gasteiger partial charge in [-0.15, -0.1) is 0 Å². The Morgan fingerprint density at radius 3 is 2.85 bits per heavy atom. The third-order valence-electron chi connectivity index (χ3n) is 4.63. The van der Waals surface area contributed by atoms with Crippen molar-refractivity contribution in [3.63, 3.8) is 0 Å².